The van der Waals surface area contributed by atoms with E-state index >= 15 is 0 Å². The summed E-state index contributed by atoms with van der Waals surface area (Å²) in [5.74, 6) is -2.50. The Hall–Kier alpha value is -2.16. The Bertz CT molecular complexity index is 707. The SMILES string of the molecule is C[C@@]1(c2ccc(F)cc2)NC(=O)N(CN2CCC[C@H](C(F)(F)F)C2)C1=O. The standard InChI is InChI=1S/C17H19F4N3O2/c1-16(11-4-6-13(18)7-5-11)14(25)24(15(26)22-16)10-23-8-2-3-12(9-23)17(19,20)21/h4-7,12H,2-3,8-10H2,1H3,(H,22,26)/t12-,16-/m0/s1. The monoisotopic (exact) mass is 373 g/mol. The number of halogens is 4. The number of amides is 3. The van der Waals surface area contributed by atoms with Crippen molar-refractivity contribution in [2.75, 3.05) is 19.8 Å². The van der Waals surface area contributed by atoms with Crippen LogP contribution in [0.2, 0.25) is 0 Å². The third kappa shape index (κ3) is 3.40. The predicted octanol–water partition coefficient (Wildman–Crippen LogP) is 2.82. The first-order valence-electron chi connectivity index (χ1n) is 8.30. The Balaban J connectivity index is 1.74. The lowest BCUT2D eigenvalue weighted by Crippen LogP contribution is -2.48. The molecule has 2 aliphatic rings. The van der Waals surface area contributed by atoms with E-state index in [4.69, 9.17) is 0 Å². The van der Waals surface area contributed by atoms with Gasteiger partial charge in [-0.2, -0.15) is 13.2 Å². The largest absolute Gasteiger partial charge is 0.393 e. The van der Waals surface area contributed by atoms with Crippen molar-refractivity contribution in [1.29, 1.82) is 0 Å². The van der Waals surface area contributed by atoms with Gasteiger partial charge in [0.25, 0.3) is 5.91 Å². The highest BCUT2D eigenvalue weighted by Gasteiger charge is 2.50. The number of carbonyl (C=O) groups is 2. The van der Waals surface area contributed by atoms with E-state index in [1.54, 1.807) is 0 Å². The smallest absolute Gasteiger partial charge is 0.319 e. The summed E-state index contributed by atoms with van der Waals surface area (Å²) in [6.07, 6.45) is -3.89. The summed E-state index contributed by atoms with van der Waals surface area (Å²) in [5.41, 5.74) is -0.962. The summed E-state index contributed by atoms with van der Waals surface area (Å²) >= 11 is 0. The zero-order valence-corrected chi connectivity index (χ0v) is 14.1. The van der Waals surface area contributed by atoms with Crippen LogP contribution in [0.4, 0.5) is 22.4 Å². The topological polar surface area (TPSA) is 52.7 Å². The van der Waals surface area contributed by atoms with Crippen LogP contribution in [0.25, 0.3) is 0 Å². The second-order valence-corrected chi connectivity index (χ2v) is 6.89. The molecule has 0 saturated carbocycles. The van der Waals surface area contributed by atoms with Gasteiger partial charge in [-0.3, -0.25) is 9.69 Å². The third-order valence-corrected chi connectivity index (χ3v) is 5.01. The summed E-state index contributed by atoms with van der Waals surface area (Å²) in [6, 6.07) is 4.49. The molecule has 2 saturated heterocycles. The molecule has 0 spiro atoms. The first-order valence-corrected chi connectivity index (χ1v) is 8.30. The van der Waals surface area contributed by atoms with E-state index in [9.17, 15) is 27.2 Å². The number of alkyl halides is 3. The van der Waals surface area contributed by atoms with E-state index in [1.165, 1.54) is 36.1 Å². The lowest BCUT2D eigenvalue weighted by atomic mass is 9.92. The number of carbonyl (C=O) groups excluding carboxylic acids is 2. The Morgan fingerprint density at radius 2 is 1.88 bits per heavy atom. The van der Waals surface area contributed by atoms with Gasteiger partial charge in [-0.1, -0.05) is 12.1 Å². The molecule has 2 aliphatic heterocycles. The van der Waals surface area contributed by atoms with Gasteiger partial charge in [-0.25, -0.2) is 14.1 Å². The number of likely N-dealkylation sites (tertiary alicyclic amines) is 1. The number of nitrogens with one attached hydrogen (secondary N) is 1. The maximum Gasteiger partial charge on any atom is 0.393 e. The lowest BCUT2D eigenvalue weighted by molar-refractivity contribution is -0.187. The zero-order valence-electron chi connectivity index (χ0n) is 14.1. The number of piperidine rings is 1. The molecule has 5 nitrogen and oxygen atoms in total. The number of nitrogens with zero attached hydrogens (tertiary/aromatic N) is 2. The molecule has 26 heavy (non-hydrogen) atoms. The molecule has 0 bridgehead atoms. The van der Waals surface area contributed by atoms with E-state index in [-0.39, 0.29) is 19.6 Å². The molecular formula is C17H19F4N3O2. The van der Waals surface area contributed by atoms with Crippen molar-refractivity contribution in [2.45, 2.75) is 31.5 Å². The van der Waals surface area contributed by atoms with Crippen LogP contribution in [-0.2, 0) is 10.3 Å². The quantitative estimate of drug-likeness (QED) is 0.655. The first kappa shape index (κ1) is 18.6. The number of hydrogen-bond donors (Lipinski definition) is 1. The molecule has 0 aromatic heterocycles. The van der Waals surface area contributed by atoms with Gasteiger partial charge >= 0.3 is 12.2 Å². The van der Waals surface area contributed by atoms with Crippen LogP contribution < -0.4 is 5.32 Å². The molecular weight excluding hydrogens is 354 g/mol. The molecule has 2 atom stereocenters. The molecule has 142 valence electrons. The highest BCUT2D eigenvalue weighted by Crippen LogP contribution is 2.34. The minimum absolute atomic E-state index is 0.0490. The normalized spacial score (nSPS) is 27.7. The van der Waals surface area contributed by atoms with Crippen LogP contribution in [0, 0.1) is 11.7 Å². The van der Waals surface area contributed by atoms with Gasteiger partial charge < -0.3 is 5.32 Å². The summed E-state index contributed by atoms with van der Waals surface area (Å²) in [4.78, 5) is 27.4. The van der Waals surface area contributed by atoms with Crippen LogP contribution in [-0.4, -0.2) is 47.7 Å². The van der Waals surface area contributed by atoms with Crippen molar-refractivity contribution in [1.82, 2.24) is 15.1 Å². The fourth-order valence-corrected chi connectivity index (χ4v) is 3.46. The molecule has 3 rings (SSSR count). The van der Waals surface area contributed by atoms with Crippen molar-refractivity contribution in [3.05, 3.63) is 35.6 Å². The van der Waals surface area contributed by atoms with Gasteiger partial charge in [0.15, 0.2) is 0 Å². The number of urea groups is 1. The minimum Gasteiger partial charge on any atom is -0.319 e. The second-order valence-electron chi connectivity index (χ2n) is 6.89. The third-order valence-electron chi connectivity index (χ3n) is 5.01. The fourth-order valence-electron chi connectivity index (χ4n) is 3.46. The second kappa shape index (κ2) is 6.53. The van der Waals surface area contributed by atoms with Gasteiger partial charge in [0.05, 0.1) is 12.6 Å². The molecule has 0 radical (unpaired) electrons. The van der Waals surface area contributed by atoms with Gasteiger partial charge in [0.2, 0.25) is 0 Å². The highest BCUT2D eigenvalue weighted by molar-refractivity contribution is 6.07. The molecule has 0 unspecified atom stereocenters. The van der Waals surface area contributed by atoms with E-state index in [0.717, 1.165) is 4.90 Å². The molecule has 1 N–H and O–H groups in total. The zero-order chi connectivity index (χ0) is 19.1. The Morgan fingerprint density at radius 1 is 1.23 bits per heavy atom. The van der Waals surface area contributed by atoms with Crippen LogP contribution in [0.15, 0.2) is 24.3 Å². The Labute approximate surface area is 147 Å². The van der Waals surface area contributed by atoms with Crippen LogP contribution >= 0.6 is 0 Å². The maximum absolute atomic E-state index is 13.1. The molecule has 3 amide bonds. The van der Waals surface area contributed by atoms with Crippen LogP contribution in [0.1, 0.15) is 25.3 Å². The van der Waals surface area contributed by atoms with Crippen molar-refractivity contribution in [3.8, 4) is 0 Å². The van der Waals surface area contributed by atoms with E-state index < -0.39 is 35.4 Å². The lowest BCUT2D eigenvalue weighted by Gasteiger charge is -2.35. The van der Waals surface area contributed by atoms with Gasteiger partial charge in [-0.15, -0.1) is 0 Å². The van der Waals surface area contributed by atoms with Crippen LogP contribution in [0.3, 0.4) is 0 Å². The maximum atomic E-state index is 13.1. The van der Waals surface area contributed by atoms with Gasteiger partial charge in [0, 0.05) is 6.54 Å². The summed E-state index contributed by atoms with van der Waals surface area (Å²) < 4.78 is 51.9. The van der Waals surface area contributed by atoms with E-state index in [1.807, 2.05) is 0 Å². The number of imide groups is 1. The number of benzene rings is 1. The average molecular weight is 373 g/mol. The van der Waals surface area contributed by atoms with Crippen molar-refractivity contribution < 1.29 is 27.2 Å². The summed E-state index contributed by atoms with van der Waals surface area (Å²) in [6.45, 7) is 1.44. The molecule has 1 aromatic rings. The molecule has 2 fully saturated rings. The first-order chi connectivity index (χ1) is 12.1. The average Bonchev–Trinajstić information content (AvgIpc) is 2.79. The fraction of sp³-hybridized carbons (Fsp3) is 0.529. The van der Waals surface area contributed by atoms with E-state index in [2.05, 4.69) is 5.32 Å². The predicted molar refractivity (Wildman–Crippen MR) is 84.3 cm³/mol. The molecule has 1 aromatic carbocycles. The van der Waals surface area contributed by atoms with Gasteiger partial charge in [0.1, 0.15) is 11.4 Å². The van der Waals surface area contributed by atoms with Crippen molar-refractivity contribution in [2.24, 2.45) is 5.92 Å². The van der Waals surface area contributed by atoms with Crippen LogP contribution in [0.5, 0.6) is 0 Å². The minimum atomic E-state index is -4.29. The molecule has 2 heterocycles. The highest BCUT2D eigenvalue weighted by atomic mass is 19.4. The number of rotatable bonds is 3. The van der Waals surface area contributed by atoms with Gasteiger partial charge in [-0.05, 0) is 44.0 Å². The Kier molecular flexibility index (Phi) is 4.68. The Morgan fingerprint density at radius 3 is 2.50 bits per heavy atom. The summed E-state index contributed by atoms with van der Waals surface area (Å²) in [7, 11) is 0. The molecule has 9 heteroatoms. The van der Waals surface area contributed by atoms with Crippen molar-refractivity contribution in [3.63, 3.8) is 0 Å². The summed E-state index contributed by atoms with van der Waals surface area (Å²) in [5, 5.41) is 2.56. The van der Waals surface area contributed by atoms with E-state index in [0.29, 0.717) is 18.5 Å². The number of hydrogen-bond acceptors (Lipinski definition) is 3. The molecule has 0 aliphatic carbocycles. The van der Waals surface area contributed by atoms with Crippen molar-refractivity contribution >= 4 is 11.9 Å².